The van der Waals surface area contributed by atoms with Crippen LogP contribution in [0.5, 0.6) is 0 Å². The van der Waals surface area contributed by atoms with E-state index in [0.717, 1.165) is 11.8 Å². The first-order valence-corrected chi connectivity index (χ1v) is 8.63. The molecule has 106 valence electrons. The monoisotopic (exact) mass is 304 g/mol. The lowest BCUT2D eigenvalue weighted by molar-refractivity contribution is -0.129. The van der Waals surface area contributed by atoms with Gasteiger partial charge in [-0.1, -0.05) is 0 Å². The molecule has 0 radical (unpaired) electrons. The highest BCUT2D eigenvalue weighted by molar-refractivity contribution is 7.88. The molecule has 0 saturated carbocycles. The van der Waals surface area contributed by atoms with Gasteiger partial charge in [-0.3, -0.25) is 4.79 Å². The lowest BCUT2D eigenvalue weighted by Crippen LogP contribution is -2.42. The van der Waals surface area contributed by atoms with Gasteiger partial charge < -0.3 is 10.0 Å². The Morgan fingerprint density at radius 2 is 2.32 bits per heavy atom. The Morgan fingerprint density at radius 1 is 1.58 bits per heavy atom. The maximum absolute atomic E-state index is 12.0. The first kappa shape index (κ1) is 14.4. The van der Waals surface area contributed by atoms with E-state index < -0.39 is 22.2 Å². The number of carbonyl (C=O) groups excluding carboxylic acids is 1. The summed E-state index contributed by atoms with van der Waals surface area (Å²) in [7, 11) is -3.39. The third-order valence-electron chi connectivity index (χ3n) is 2.94. The fraction of sp³-hybridized carbons (Fsp3) is 0.545. The minimum Gasteiger partial charge on any atom is -0.390 e. The van der Waals surface area contributed by atoms with E-state index in [4.69, 9.17) is 0 Å². The highest BCUT2D eigenvalue weighted by atomic mass is 32.2. The number of rotatable bonds is 4. The molecular formula is C11H16N2O4S2. The average Bonchev–Trinajstić information content (AvgIpc) is 2.88. The summed E-state index contributed by atoms with van der Waals surface area (Å²) in [5, 5.41) is 13.6. The number of hydrogen-bond donors (Lipinski definition) is 2. The Labute approximate surface area is 116 Å². The van der Waals surface area contributed by atoms with Crippen molar-refractivity contribution in [2.24, 2.45) is 0 Å². The van der Waals surface area contributed by atoms with E-state index in [-0.39, 0.29) is 25.4 Å². The van der Waals surface area contributed by atoms with Gasteiger partial charge in [0.15, 0.2) is 0 Å². The lowest BCUT2D eigenvalue weighted by atomic mass is 10.2. The second kappa shape index (κ2) is 5.58. The molecule has 19 heavy (non-hydrogen) atoms. The van der Waals surface area contributed by atoms with E-state index in [1.165, 1.54) is 16.2 Å². The van der Waals surface area contributed by atoms with Gasteiger partial charge in [-0.25, -0.2) is 13.1 Å². The van der Waals surface area contributed by atoms with Crippen LogP contribution in [0.3, 0.4) is 0 Å². The van der Waals surface area contributed by atoms with E-state index in [2.05, 4.69) is 4.72 Å². The summed E-state index contributed by atoms with van der Waals surface area (Å²) in [5.74, 6) is -0.102. The number of carbonyl (C=O) groups is 1. The Bertz CT molecular complexity index is 541. The van der Waals surface area contributed by atoms with Crippen molar-refractivity contribution in [2.45, 2.75) is 18.6 Å². The molecule has 8 heteroatoms. The van der Waals surface area contributed by atoms with E-state index in [9.17, 15) is 18.3 Å². The highest BCUT2D eigenvalue weighted by Gasteiger charge is 2.35. The van der Waals surface area contributed by atoms with Crippen LogP contribution in [0.4, 0.5) is 0 Å². The van der Waals surface area contributed by atoms with Crippen molar-refractivity contribution < 1.29 is 18.3 Å². The molecule has 0 unspecified atom stereocenters. The molecule has 2 rings (SSSR count). The minimum atomic E-state index is -3.39. The normalized spacial score (nSPS) is 23.8. The Kier molecular flexibility index (Phi) is 4.24. The van der Waals surface area contributed by atoms with Gasteiger partial charge in [-0.05, 0) is 22.4 Å². The van der Waals surface area contributed by atoms with E-state index in [1.54, 1.807) is 0 Å². The van der Waals surface area contributed by atoms with Crippen molar-refractivity contribution in [1.29, 1.82) is 0 Å². The second-order valence-electron chi connectivity index (χ2n) is 4.67. The van der Waals surface area contributed by atoms with Crippen LogP contribution in [0, 0.1) is 0 Å². The summed E-state index contributed by atoms with van der Waals surface area (Å²) in [5.41, 5.74) is 0.934. The van der Waals surface area contributed by atoms with Crippen LogP contribution in [-0.4, -0.2) is 55.8 Å². The zero-order valence-corrected chi connectivity index (χ0v) is 12.1. The molecule has 0 aliphatic carbocycles. The van der Waals surface area contributed by atoms with Crippen LogP contribution in [0.25, 0.3) is 0 Å². The Hall–Kier alpha value is -0.960. The van der Waals surface area contributed by atoms with Crippen LogP contribution in [-0.2, 0) is 21.2 Å². The quantitative estimate of drug-likeness (QED) is 0.778. The standard InChI is InChI=1S/C11H16N2O4S2/c1-19(16,17)12-9-5-13(6-10(9)14)11(15)4-8-2-3-18-7-8/h2-3,7,9-10,12,14H,4-6H2,1H3/t9-,10-/m1/s1. The number of aliphatic hydroxyl groups is 1. The average molecular weight is 304 g/mol. The number of thiophene rings is 1. The van der Waals surface area contributed by atoms with E-state index in [1.807, 2.05) is 16.8 Å². The Balaban J connectivity index is 1.95. The molecule has 1 aliphatic rings. The van der Waals surface area contributed by atoms with Crippen molar-refractivity contribution in [1.82, 2.24) is 9.62 Å². The number of β-amino-alcohol motifs (C(OH)–C–C–N with tert-alkyl or cyclic N) is 1. The Morgan fingerprint density at radius 3 is 2.89 bits per heavy atom. The van der Waals surface area contributed by atoms with Gasteiger partial charge in [-0.15, -0.1) is 0 Å². The van der Waals surface area contributed by atoms with Crippen LogP contribution < -0.4 is 4.72 Å². The fourth-order valence-electron chi connectivity index (χ4n) is 2.06. The maximum Gasteiger partial charge on any atom is 0.227 e. The van der Waals surface area contributed by atoms with Crippen molar-refractivity contribution in [3.05, 3.63) is 22.4 Å². The number of aliphatic hydroxyl groups excluding tert-OH is 1. The summed E-state index contributed by atoms with van der Waals surface area (Å²) in [6, 6.07) is 1.25. The van der Waals surface area contributed by atoms with E-state index >= 15 is 0 Å². The molecule has 1 saturated heterocycles. The van der Waals surface area contributed by atoms with Gasteiger partial charge in [-0.2, -0.15) is 11.3 Å². The number of likely N-dealkylation sites (tertiary alicyclic amines) is 1. The molecule has 2 heterocycles. The first-order valence-electron chi connectivity index (χ1n) is 5.79. The third-order valence-corrected chi connectivity index (χ3v) is 4.41. The number of sulfonamides is 1. The number of nitrogens with zero attached hydrogens (tertiary/aromatic N) is 1. The van der Waals surface area contributed by atoms with Crippen molar-refractivity contribution >= 4 is 27.3 Å². The van der Waals surface area contributed by atoms with Gasteiger partial charge in [0, 0.05) is 13.1 Å². The molecule has 0 spiro atoms. The van der Waals surface area contributed by atoms with Crippen molar-refractivity contribution in [3.63, 3.8) is 0 Å². The molecule has 1 amide bonds. The molecule has 1 aromatic heterocycles. The predicted octanol–water partition coefficient (Wildman–Crippen LogP) is -0.588. The SMILES string of the molecule is CS(=O)(=O)N[C@@H]1CN(C(=O)Cc2ccsc2)C[C@H]1O. The predicted molar refractivity (Wildman–Crippen MR) is 72.4 cm³/mol. The molecule has 2 atom stereocenters. The largest absolute Gasteiger partial charge is 0.390 e. The first-order chi connectivity index (χ1) is 8.85. The van der Waals surface area contributed by atoms with Crippen LogP contribution in [0.15, 0.2) is 16.8 Å². The number of nitrogens with one attached hydrogen (secondary N) is 1. The van der Waals surface area contributed by atoms with Gasteiger partial charge in [0.25, 0.3) is 0 Å². The van der Waals surface area contributed by atoms with Gasteiger partial charge in [0.05, 0.1) is 24.8 Å². The molecule has 1 fully saturated rings. The summed E-state index contributed by atoms with van der Waals surface area (Å²) >= 11 is 1.52. The summed E-state index contributed by atoms with van der Waals surface area (Å²) in [4.78, 5) is 13.5. The van der Waals surface area contributed by atoms with Crippen molar-refractivity contribution in [3.8, 4) is 0 Å². The van der Waals surface area contributed by atoms with E-state index in [0.29, 0.717) is 0 Å². The van der Waals surface area contributed by atoms with Crippen LogP contribution in [0.2, 0.25) is 0 Å². The number of hydrogen-bond acceptors (Lipinski definition) is 5. The van der Waals surface area contributed by atoms with Crippen LogP contribution >= 0.6 is 11.3 Å². The molecule has 0 aromatic carbocycles. The molecule has 6 nitrogen and oxygen atoms in total. The lowest BCUT2D eigenvalue weighted by Gasteiger charge is -2.15. The number of amides is 1. The summed E-state index contributed by atoms with van der Waals surface area (Å²) < 4.78 is 24.6. The molecule has 2 N–H and O–H groups in total. The molecule has 0 bridgehead atoms. The molecule has 1 aromatic rings. The molecular weight excluding hydrogens is 288 g/mol. The minimum absolute atomic E-state index is 0.102. The second-order valence-corrected chi connectivity index (χ2v) is 7.23. The fourth-order valence-corrected chi connectivity index (χ4v) is 3.51. The van der Waals surface area contributed by atoms with Gasteiger partial charge in [0.2, 0.25) is 15.9 Å². The zero-order valence-electron chi connectivity index (χ0n) is 10.4. The highest BCUT2D eigenvalue weighted by Crippen LogP contribution is 2.14. The maximum atomic E-state index is 12.0. The summed E-state index contributed by atoms with van der Waals surface area (Å²) in [6.45, 7) is 0.368. The molecule has 1 aliphatic heterocycles. The van der Waals surface area contributed by atoms with Gasteiger partial charge >= 0.3 is 0 Å². The van der Waals surface area contributed by atoms with Crippen molar-refractivity contribution in [2.75, 3.05) is 19.3 Å². The van der Waals surface area contributed by atoms with Gasteiger partial charge in [0.1, 0.15) is 0 Å². The zero-order chi connectivity index (χ0) is 14.0. The third kappa shape index (κ3) is 4.00. The van der Waals surface area contributed by atoms with Crippen LogP contribution in [0.1, 0.15) is 5.56 Å². The smallest absolute Gasteiger partial charge is 0.227 e. The topological polar surface area (TPSA) is 86.7 Å². The summed E-state index contributed by atoms with van der Waals surface area (Å²) in [6.07, 6.45) is 0.457.